The Bertz CT molecular complexity index is 1270. The fraction of sp³-hybridized carbons (Fsp3) is 0.625. The Morgan fingerprint density at radius 1 is 1.29 bits per heavy atom. The summed E-state index contributed by atoms with van der Waals surface area (Å²) in [5.74, 6) is 0.418. The Morgan fingerprint density at radius 2 is 2.09 bits per heavy atom. The summed E-state index contributed by atoms with van der Waals surface area (Å²) in [5, 5.41) is 14.9. The standard InChI is InChI=1S/C24H33N5O5S/c1-24(31)10-2-3-20(24)29-21(30)5-4-18-15-25-23(27-22(18)29)26-19-6-11-28(12-7-19)35(32,33)14-9-17-8-13-34-16-17/h4-5,9,15,19-20,31H,2-3,6-8,10-14,16H2,1H3,(H,25,26,27)/b17-9-/t20-,24-/m1/s1. The normalized spacial score (nSPS) is 27.7. The van der Waals surface area contributed by atoms with E-state index in [9.17, 15) is 18.3 Å². The molecule has 0 unspecified atom stereocenters. The molecule has 3 fully saturated rings. The van der Waals surface area contributed by atoms with Gasteiger partial charge in [0.1, 0.15) is 5.65 Å². The Hall–Kier alpha value is -2.34. The molecule has 0 amide bonds. The SMILES string of the molecule is C[C@@]1(O)CCC[C@H]1n1c(=O)ccc2cnc(NC3CCN(S(=O)(=O)C/C=C4/CCOC4)CC3)nc21. The first-order valence-electron chi connectivity index (χ1n) is 12.3. The Morgan fingerprint density at radius 3 is 2.77 bits per heavy atom. The van der Waals surface area contributed by atoms with Gasteiger partial charge in [0.25, 0.3) is 5.56 Å². The molecule has 1 saturated carbocycles. The Kier molecular flexibility index (Phi) is 6.69. The number of nitrogens with one attached hydrogen (secondary N) is 1. The maximum atomic E-state index is 12.8. The maximum absolute atomic E-state index is 12.8. The second-order valence-electron chi connectivity index (χ2n) is 10.0. The second kappa shape index (κ2) is 9.61. The average Bonchev–Trinajstić information content (AvgIpc) is 3.47. The van der Waals surface area contributed by atoms with Gasteiger partial charge in [-0.05, 0) is 57.1 Å². The van der Waals surface area contributed by atoms with Crippen LogP contribution < -0.4 is 10.9 Å². The molecule has 0 radical (unpaired) electrons. The second-order valence-corrected chi connectivity index (χ2v) is 12.1. The molecule has 35 heavy (non-hydrogen) atoms. The van der Waals surface area contributed by atoms with Gasteiger partial charge in [0, 0.05) is 36.8 Å². The molecular weight excluding hydrogens is 470 g/mol. The predicted octanol–water partition coefficient (Wildman–Crippen LogP) is 1.82. The van der Waals surface area contributed by atoms with Gasteiger partial charge >= 0.3 is 0 Å². The van der Waals surface area contributed by atoms with Crippen LogP contribution in [0.25, 0.3) is 11.0 Å². The minimum absolute atomic E-state index is 0.0139. The van der Waals surface area contributed by atoms with Crippen molar-refractivity contribution in [3.05, 3.63) is 40.3 Å². The summed E-state index contributed by atoms with van der Waals surface area (Å²) in [6, 6.07) is 2.90. The monoisotopic (exact) mass is 503 g/mol. The molecule has 2 atom stereocenters. The lowest BCUT2D eigenvalue weighted by Gasteiger charge is -2.31. The van der Waals surface area contributed by atoms with E-state index in [-0.39, 0.29) is 23.4 Å². The van der Waals surface area contributed by atoms with Gasteiger partial charge in [-0.2, -0.15) is 4.98 Å². The van der Waals surface area contributed by atoms with E-state index in [4.69, 9.17) is 4.74 Å². The lowest BCUT2D eigenvalue weighted by molar-refractivity contribution is 0.0267. The molecule has 2 aromatic heterocycles. The van der Waals surface area contributed by atoms with Gasteiger partial charge in [-0.15, -0.1) is 0 Å². The van der Waals surface area contributed by atoms with Crippen LogP contribution in [0.3, 0.4) is 0 Å². The van der Waals surface area contributed by atoms with Crippen LogP contribution >= 0.6 is 0 Å². The smallest absolute Gasteiger partial charge is 0.252 e. The molecule has 4 heterocycles. The molecule has 1 aliphatic carbocycles. The summed E-state index contributed by atoms with van der Waals surface area (Å²) in [5.41, 5.74) is 0.407. The molecular formula is C24H33N5O5S. The van der Waals surface area contributed by atoms with E-state index in [1.54, 1.807) is 34.1 Å². The lowest BCUT2D eigenvalue weighted by Crippen LogP contribution is -2.43. The van der Waals surface area contributed by atoms with Crippen molar-refractivity contribution in [1.82, 2.24) is 18.8 Å². The number of aromatic nitrogens is 3. The molecule has 2 aromatic rings. The van der Waals surface area contributed by atoms with E-state index >= 15 is 0 Å². The number of aliphatic hydroxyl groups is 1. The van der Waals surface area contributed by atoms with Crippen LogP contribution in [0.4, 0.5) is 5.95 Å². The molecule has 10 nitrogen and oxygen atoms in total. The van der Waals surface area contributed by atoms with Crippen molar-refractivity contribution in [1.29, 1.82) is 0 Å². The molecule has 0 aromatic carbocycles. The number of hydrogen-bond donors (Lipinski definition) is 2. The van der Waals surface area contributed by atoms with Gasteiger partial charge < -0.3 is 15.2 Å². The van der Waals surface area contributed by atoms with Gasteiger partial charge in [0.15, 0.2) is 0 Å². The van der Waals surface area contributed by atoms with Gasteiger partial charge in [-0.1, -0.05) is 6.08 Å². The van der Waals surface area contributed by atoms with Crippen molar-refractivity contribution in [3.8, 4) is 0 Å². The molecule has 2 aliphatic heterocycles. The third kappa shape index (κ3) is 5.13. The number of fused-ring (bicyclic) bond motifs is 1. The van der Waals surface area contributed by atoms with Gasteiger partial charge in [-0.25, -0.2) is 17.7 Å². The Labute approximate surface area is 205 Å². The highest BCUT2D eigenvalue weighted by molar-refractivity contribution is 7.89. The van der Waals surface area contributed by atoms with E-state index in [2.05, 4.69) is 15.3 Å². The Balaban J connectivity index is 1.28. The number of hydrogen-bond acceptors (Lipinski definition) is 8. The van der Waals surface area contributed by atoms with E-state index < -0.39 is 15.6 Å². The van der Waals surface area contributed by atoms with Crippen molar-refractivity contribution in [3.63, 3.8) is 0 Å². The van der Waals surface area contributed by atoms with Crippen LogP contribution in [0.15, 0.2) is 34.8 Å². The highest BCUT2D eigenvalue weighted by Crippen LogP contribution is 2.39. The van der Waals surface area contributed by atoms with E-state index in [0.29, 0.717) is 57.2 Å². The molecule has 0 spiro atoms. The molecule has 2 N–H and O–H groups in total. The predicted molar refractivity (Wildman–Crippen MR) is 133 cm³/mol. The maximum Gasteiger partial charge on any atom is 0.252 e. The summed E-state index contributed by atoms with van der Waals surface area (Å²) in [6.07, 6.45) is 7.76. The van der Waals surface area contributed by atoms with Crippen LogP contribution in [0.1, 0.15) is 51.5 Å². The van der Waals surface area contributed by atoms with E-state index in [0.717, 1.165) is 30.2 Å². The summed E-state index contributed by atoms with van der Waals surface area (Å²) >= 11 is 0. The summed E-state index contributed by atoms with van der Waals surface area (Å²) in [4.78, 5) is 21.9. The molecule has 2 saturated heterocycles. The van der Waals surface area contributed by atoms with Crippen molar-refractivity contribution in [2.24, 2.45) is 0 Å². The number of anilines is 1. The summed E-state index contributed by atoms with van der Waals surface area (Å²) in [6.45, 7) is 3.83. The fourth-order valence-electron chi connectivity index (χ4n) is 5.38. The van der Waals surface area contributed by atoms with Crippen LogP contribution in [0.5, 0.6) is 0 Å². The molecule has 11 heteroatoms. The number of rotatable bonds is 6. The highest BCUT2D eigenvalue weighted by atomic mass is 32.2. The van der Waals surface area contributed by atoms with E-state index in [1.165, 1.54) is 6.07 Å². The van der Waals surface area contributed by atoms with E-state index in [1.807, 2.05) is 0 Å². The number of nitrogens with zero attached hydrogens (tertiary/aromatic N) is 4. The minimum atomic E-state index is -3.35. The van der Waals surface area contributed by atoms with Crippen molar-refractivity contribution >= 4 is 27.0 Å². The molecule has 5 rings (SSSR count). The van der Waals surface area contributed by atoms with Gasteiger partial charge in [-0.3, -0.25) is 9.36 Å². The first-order valence-corrected chi connectivity index (χ1v) is 13.9. The molecule has 0 bridgehead atoms. The van der Waals surface area contributed by atoms with Gasteiger partial charge in [0.05, 0.1) is 30.6 Å². The number of ether oxygens (including phenoxy) is 1. The number of piperidine rings is 1. The van der Waals surface area contributed by atoms with Crippen LogP contribution in [0, 0.1) is 0 Å². The largest absolute Gasteiger partial charge is 0.388 e. The van der Waals surface area contributed by atoms with Gasteiger partial charge in [0.2, 0.25) is 16.0 Å². The lowest BCUT2D eigenvalue weighted by atomic mass is 10.00. The third-order valence-electron chi connectivity index (χ3n) is 7.48. The zero-order chi connectivity index (χ0) is 24.6. The molecule has 3 aliphatic rings. The third-order valence-corrected chi connectivity index (χ3v) is 9.22. The van der Waals surface area contributed by atoms with Crippen LogP contribution in [-0.2, 0) is 14.8 Å². The zero-order valence-electron chi connectivity index (χ0n) is 20.0. The van der Waals surface area contributed by atoms with Crippen LogP contribution in [0.2, 0.25) is 0 Å². The summed E-state index contributed by atoms with van der Waals surface area (Å²) in [7, 11) is -3.35. The molecule has 190 valence electrons. The minimum Gasteiger partial charge on any atom is -0.388 e. The summed E-state index contributed by atoms with van der Waals surface area (Å²) < 4.78 is 33.9. The van der Waals surface area contributed by atoms with Crippen molar-refractivity contribution < 1.29 is 18.3 Å². The van der Waals surface area contributed by atoms with Crippen molar-refractivity contribution in [2.45, 2.75) is 63.1 Å². The van der Waals surface area contributed by atoms with Crippen molar-refractivity contribution in [2.75, 3.05) is 37.4 Å². The topological polar surface area (TPSA) is 127 Å². The first-order chi connectivity index (χ1) is 16.7. The highest BCUT2D eigenvalue weighted by Gasteiger charge is 2.39. The number of pyridine rings is 1. The fourth-order valence-corrected chi connectivity index (χ4v) is 6.80. The first kappa shape index (κ1) is 24.4. The quantitative estimate of drug-likeness (QED) is 0.572. The van der Waals surface area contributed by atoms with Crippen LogP contribution in [-0.4, -0.2) is 76.1 Å². The average molecular weight is 504 g/mol. The number of sulfonamides is 1. The zero-order valence-corrected chi connectivity index (χ0v) is 20.8.